The van der Waals surface area contributed by atoms with Crippen LogP contribution in [0.15, 0.2) is 11.6 Å². The van der Waals surface area contributed by atoms with E-state index in [0.29, 0.717) is 18.8 Å². The highest BCUT2D eigenvalue weighted by Crippen LogP contribution is 2.27. The molecule has 8 heteroatoms. The molecule has 0 aliphatic carbocycles. The van der Waals surface area contributed by atoms with Gasteiger partial charge in [-0.25, -0.2) is 0 Å². The minimum atomic E-state index is -0.833. The second-order valence-corrected chi connectivity index (χ2v) is 6.19. The van der Waals surface area contributed by atoms with E-state index in [2.05, 4.69) is 12.8 Å². The normalized spacial score (nSPS) is 18.0. The number of terminal acetylenes is 1. The van der Waals surface area contributed by atoms with Gasteiger partial charge in [0, 0.05) is 19.7 Å². The van der Waals surface area contributed by atoms with E-state index < -0.39 is 12.0 Å². The standard InChI is InChI=1S/C12H20N2O3S.C2H4O2.C2H2/c1-8(2)4-6-17-9(15)5-7-18-12-10(13)11(16)14(12)3;1-2(3)4;1-2/h4,10,12H,5-7,13H2,1-3H3;1H3,(H,3,4);1-2H/t10-,12-;;/m1../s1. The Morgan fingerprint density at radius 3 is 2.29 bits per heavy atom. The first kappa shape index (κ1) is 24.3. The average molecular weight is 358 g/mol. The van der Waals surface area contributed by atoms with Gasteiger partial charge in [-0.2, -0.15) is 0 Å². The van der Waals surface area contributed by atoms with E-state index in [0.717, 1.165) is 12.5 Å². The highest BCUT2D eigenvalue weighted by atomic mass is 32.2. The summed E-state index contributed by atoms with van der Waals surface area (Å²) < 4.78 is 5.02. The number of allylic oxidation sites excluding steroid dienone is 1. The van der Waals surface area contributed by atoms with Crippen molar-refractivity contribution in [2.75, 3.05) is 19.4 Å². The molecule has 0 aromatic heterocycles. The average Bonchev–Trinajstić information content (AvgIpc) is 2.51. The van der Waals surface area contributed by atoms with Gasteiger partial charge in [0.25, 0.3) is 5.97 Å². The van der Waals surface area contributed by atoms with Gasteiger partial charge in [-0.15, -0.1) is 24.6 Å². The van der Waals surface area contributed by atoms with Gasteiger partial charge in [-0.05, 0) is 19.9 Å². The number of carbonyl (C=O) groups excluding carboxylic acids is 2. The molecule has 0 spiro atoms. The van der Waals surface area contributed by atoms with E-state index in [9.17, 15) is 9.59 Å². The molecular weight excluding hydrogens is 332 g/mol. The van der Waals surface area contributed by atoms with Gasteiger partial charge in [0.1, 0.15) is 18.0 Å². The first-order valence-corrected chi connectivity index (χ1v) is 8.17. The summed E-state index contributed by atoms with van der Waals surface area (Å²) in [7, 11) is 1.72. The number of rotatable bonds is 6. The molecule has 0 bridgehead atoms. The van der Waals surface area contributed by atoms with E-state index in [-0.39, 0.29) is 17.3 Å². The zero-order valence-corrected chi connectivity index (χ0v) is 15.3. The number of carbonyl (C=O) groups is 3. The van der Waals surface area contributed by atoms with Crippen molar-refractivity contribution in [1.82, 2.24) is 4.90 Å². The van der Waals surface area contributed by atoms with Crippen LogP contribution < -0.4 is 5.73 Å². The summed E-state index contributed by atoms with van der Waals surface area (Å²) in [6.07, 6.45) is 10.2. The lowest BCUT2D eigenvalue weighted by molar-refractivity contribution is -0.142. The Bertz CT molecular complexity index is 456. The summed E-state index contributed by atoms with van der Waals surface area (Å²) in [6.45, 7) is 5.32. The number of hydrogen-bond acceptors (Lipinski definition) is 6. The molecule has 2 atom stereocenters. The minimum Gasteiger partial charge on any atom is -0.481 e. The lowest BCUT2D eigenvalue weighted by atomic mass is 10.1. The Morgan fingerprint density at radius 1 is 1.38 bits per heavy atom. The molecular formula is C16H26N2O5S. The third-order valence-corrected chi connectivity index (χ3v) is 4.04. The Morgan fingerprint density at radius 2 is 1.88 bits per heavy atom. The van der Waals surface area contributed by atoms with Crippen LogP contribution >= 0.6 is 11.8 Å². The maximum absolute atomic E-state index is 11.4. The van der Waals surface area contributed by atoms with Crippen LogP contribution in [-0.4, -0.2) is 58.7 Å². The molecule has 1 amide bonds. The van der Waals surface area contributed by atoms with Gasteiger partial charge in [-0.1, -0.05) is 5.57 Å². The summed E-state index contributed by atoms with van der Waals surface area (Å²) in [4.78, 5) is 33.1. The number of likely N-dealkylation sites (tertiary alicyclic amines) is 1. The summed E-state index contributed by atoms with van der Waals surface area (Å²) in [6, 6.07) is -0.429. The van der Waals surface area contributed by atoms with E-state index in [1.165, 1.54) is 11.8 Å². The fourth-order valence-electron chi connectivity index (χ4n) is 1.49. The molecule has 1 heterocycles. The highest BCUT2D eigenvalue weighted by molar-refractivity contribution is 8.00. The second kappa shape index (κ2) is 13.5. The number of nitrogens with two attached hydrogens (primary N) is 1. The first-order chi connectivity index (χ1) is 11.2. The van der Waals surface area contributed by atoms with Gasteiger partial charge in [-0.3, -0.25) is 14.4 Å². The van der Waals surface area contributed by atoms with Crippen LogP contribution in [0.25, 0.3) is 0 Å². The topological polar surface area (TPSA) is 110 Å². The van der Waals surface area contributed by atoms with Crippen molar-refractivity contribution in [3.8, 4) is 12.8 Å². The largest absolute Gasteiger partial charge is 0.481 e. The predicted octanol–water partition coefficient (Wildman–Crippen LogP) is 1.08. The van der Waals surface area contributed by atoms with Crippen LogP contribution in [0.1, 0.15) is 27.2 Å². The monoisotopic (exact) mass is 358 g/mol. The fourth-order valence-corrected chi connectivity index (χ4v) is 2.67. The lowest BCUT2D eigenvalue weighted by Gasteiger charge is -2.42. The third kappa shape index (κ3) is 10.7. The lowest BCUT2D eigenvalue weighted by Crippen LogP contribution is -2.65. The molecule has 0 aromatic rings. The third-order valence-electron chi connectivity index (χ3n) is 2.65. The molecule has 1 saturated heterocycles. The number of likely N-dealkylation sites (N-methyl/N-ethyl adjacent to an activating group) is 1. The number of carboxylic acid groups (broad SMARTS) is 1. The molecule has 1 aliphatic heterocycles. The van der Waals surface area contributed by atoms with Crippen molar-refractivity contribution >= 4 is 29.6 Å². The molecule has 0 unspecified atom stereocenters. The predicted molar refractivity (Wildman–Crippen MR) is 95.2 cm³/mol. The van der Waals surface area contributed by atoms with Gasteiger partial charge >= 0.3 is 5.97 Å². The van der Waals surface area contributed by atoms with Crippen molar-refractivity contribution in [2.24, 2.45) is 5.73 Å². The van der Waals surface area contributed by atoms with Gasteiger partial charge in [0.2, 0.25) is 5.91 Å². The molecule has 3 N–H and O–H groups in total. The van der Waals surface area contributed by atoms with Crippen molar-refractivity contribution in [3.05, 3.63) is 11.6 Å². The second-order valence-electron chi connectivity index (χ2n) is 4.97. The number of thioether (sulfide) groups is 1. The van der Waals surface area contributed by atoms with Crippen molar-refractivity contribution in [2.45, 2.75) is 38.6 Å². The Kier molecular flexibility index (Phi) is 13.6. The number of β-lactam (4-membered cyclic amide) rings is 1. The summed E-state index contributed by atoms with van der Waals surface area (Å²) in [5.41, 5.74) is 6.77. The van der Waals surface area contributed by atoms with Crippen LogP contribution in [0.5, 0.6) is 0 Å². The highest BCUT2D eigenvalue weighted by Gasteiger charge is 2.42. The van der Waals surface area contributed by atoms with Crippen molar-refractivity contribution < 1.29 is 24.2 Å². The van der Waals surface area contributed by atoms with E-state index >= 15 is 0 Å². The number of hydrogen-bond donors (Lipinski definition) is 2. The summed E-state index contributed by atoms with van der Waals surface area (Å²) in [5, 5.41) is 7.41. The van der Waals surface area contributed by atoms with Crippen LogP contribution in [0, 0.1) is 12.8 Å². The van der Waals surface area contributed by atoms with Gasteiger partial charge in [0.05, 0.1) is 6.42 Å². The summed E-state index contributed by atoms with van der Waals surface area (Å²) in [5.74, 6) is -0.482. The summed E-state index contributed by atoms with van der Waals surface area (Å²) >= 11 is 1.52. The van der Waals surface area contributed by atoms with Gasteiger partial charge < -0.3 is 20.5 Å². The smallest absolute Gasteiger partial charge is 0.306 e. The maximum atomic E-state index is 11.4. The molecule has 1 aliphatic rings. The molecule has 1 rings (SSSR count). The van der Waals surface area contributed by atoms with Crippen LogP contribution in [0.3, 0.4) is 0 Å². The number of esters is 1. The van der Waals surface area contributed by atoms with Crippen LogP contribution in [-0.2, 0) is 19.1 Å². The van der Waals surface area contributed by atoms with Crippen molar-refractivity contribution in [1.29, 1.82) is 0 Å². The van der Waals surface area contributed by atoms with Crippen molar-refractivity contribution in [3.63, 3.8) is 0 Å². The number of ether oxygens (including phenoxy) is 1. The quantitative estimate of drug-likeness (QED) is 0.316. The van der Waals surface area contributed by atoms with E-state index in [4.69, 9.17) is 20.4 Å². The first-order valence-electron chi connectivity index (χ1n) is 7.12. The molecule has 136 valence electrons. The molecule has 1 fully saturated rings. The van der Waals surface area contributed by atoms with E-state index in [1.807, 2.05) is 19.9 Å². The fraction of sp³-hybridized carbons (Fsp3) is 0.562. The van der Waals surface area contributed by atoms with Crippen LogP contribution in [0.4, 0.5) is 0 Å². The SMILES string of the molecule is C#C.CC(=O)O.CC(C)=CCOC(=O)CCS[C@@H]1[C@H](N)C(=O)N1C. The maximum Gasteiger partial charge on any atom is 0.306 e. The number of nitrogens with zero attached hydrogens (tertiary/aromatic N) is 1. The van der Waals surface area contributed by atoms with Gasteiger partial charge in [0.15, 0.2) is 0 Å². The molecule has 0 radical (unpaired) electrons. The minimum absolute atomic E-state index is 0.0110. The number of amides is 1. The van der Waals surface area contributed by atoms with Crippen LogP contribution in [0.2, 0.25) is 0 Å². The number of carboxylic acids is 1. The Balaban J connectivity index is 0. The molecule has 7 nitrogen and oxygen atoms in total. The molecule has 0 saturated carbocycles. The Labute approximate surface area is 147 Å². The van der Waals surface area contributed by atoms with E-state index in [1.54, 1.807) is 11.9 Å². The molecule has 0 aromatic carbocycles. The zero-order valence-electron chi connectivity index (χ0n) is 14.5. The molecule has 24 heavy (non-hydrogen) atoms. The Hall–Kier alpha value is -1.98. The zero-order chi connectivity index (χ0) is 19.3. The number of aliphatic carboxylic acids is 1.